The highest BCUT2D eigenvalue weighted by atomic mass is 35.5. The molecule has 1 aliphatic rings. The number of nitrogen functional groups attached to an aromatic ring is 1. The average molecular weight is 348 g/mol. The molecule has 0 saturated carbocycles. The molecule has 1 aromatic carbocycles. The molecule has 0 spiro atoms. The molecule has 1 aromatic rings. The van der Waals surface area contributed by atoms with Crippen molar-refractivity contribution in [3.63, 3.8) is 0 Å². The summed E-state index contributed by atoms with van der Waals surface area (Å²) in [5.41, 5.74) is 6.97. The molecular formula is C16H27Cl2N3O. The van der Waals surface area contributed by atoms with Crippen LogP contribution in [0.4, 0.5) is 5.69 Å². The van der Waals surface area contributed by atoms with E-state index in [-0.39, 0.29) is 36.8 Å². The van der Waals surface area contributed by atoms with E-state index in [1.165, 1.54) is 19.4 Å². The zero-order valence-corrected chi connectivity index (χ0v) is 14.7. The van der Waals surface area contributed by atoms with E-state index in [9.17, 15) is 4.79 Å². The summed E-state index contributed by atoms with van der Waals surface area (Å²) < 4.78 is 0. The lowest BCUT2D eigenvalue weighted by Crippen LogP contribution is -2.44. The molecular weight excluding hydrogens is 321 g/mol. The topological polar surface area (TPSA) is 58.4 Å². The Bertz CT molecular complexity index is 449. The minimum atomic E-state index is -0.0462. The van der Waals surface area contributed by atoms with Gasteiger partial charge in [-0.1, -0.05) is 25.5 Å². The molecule has 0 unspecified atom stereocenters. The Hall–Kier alpha value is -0.970. The average Bonchev–Trinajstić information content (AvgIpc) is 2.47. The molecule has 1 amide bonds. The van der Waals surface area contributed by atoms with Crippen molar-refractivity contribution in [2.45, 2.75) is 38.6 Å². The van der Waals surface area contributed by atoms with Crippen LogP contribution in [-0.4, -0.2) is 36.5 Å². The second-order valence-electron chi connectivity index (χ2n) is 5.53. The number of carbonyl (C=O) groups is 1. The van der Waals surface area contributed by atoms with Gasteiger partial charge in [0.15, 0.2) is 0 Å². The fourth-order valence-corrected chi connectivity index (χ4v) is 2.65. The normalized spacial score (nSPS) is 15.5. The molecule has 0 aromatic heterocycles. The van der Waals surface area contributed by atoms with Gasteiger partial charge in [0, 0.05) is 24.8 Å². The number of benzene rings is 1. The van der Waals surface area contributed by atoms with Crippen LogP contribution < -0.4 is 11.1 Å². The largest absolute Gasteiger partial charge is 0.398 e. The van der Waals surface area contributed by atoms with Crippen molar-refractivity contribution in [2.24, 2.45) is 0 Å². The standard InChI is InChI=1S/C16H25N3O.2ClH/c1-2-3-10-19-11-8-13(9-12-19)18-16(20)14-6-4-5-7-15(14)17;;/h4-7,13H,2-3,8-12,17H2,1H3,(H,18,20);2*1H. The first-order valence-corrected chi connectivity index (χ1v) is 7.58. The second kappa shape index (κ2) is 10.7. The number of likely N-dealkylation sites (tertiary alicyclic amines) is 1. The van der Waals surface area contributed by atoms with Gasteiger partial charge < -0.3 is 16.0 Å². The van der Waals surface area contributed by atoms with E-state index in [4.69, 9.17) is 5.73 Å². The number of piperidine rings is 1. The number of nitrogens with one attached hydrogen (secondary N) is 1. The molecule has 2 rings (SSSR count). The van der Waals surface area contributed by atoms with E-state index >= 15 is 0 Å². The number of anilines is 1. The van der Waals surface area contributed by atoms with Gasteiger partial charge in [-0.2, -0.15) is 0 Å². The van der Waals surface area contributed by atoms with Gasteiger partial charge in [0.1, 0.15) is 0 Å². The molecule has 0 atom stereocenters. The van der Waals surface area contributed by atoms with Gasteiger partial charge >= 0.3 is 0 Å². The number of carbonyl (C=O) groups excluding carboxylic acids is 1. The smallest absolute Gasteiger partial charge is 0.253 e. The van der Waals surface area contributed by atoms with Gasteiger partial charge in [0.25, 0.3) is 5.91 Å². The summed E-state index contributed by atoms with van der Waals surface area (Å²) in [5.74, 6) is -0.0462. The van der Waals surface area contributed by atoms with Gasteiger partial charge in [-0.3, -0.25) is 4.79 Å². The molecule has 126 valence electrons. The minimum absolute atomic E-state index is 0. The first kappa shape index (κ1) is 21.0. The number of para-hydroxylation sites is 1. The van der Waals surface area contributed by atoms with E-state index < -0.39 is 0 Å². The number of halogens is 2. The van der Waals surface area contributed by atoms with Crippen LogP contribution in [0.3, 0.4) is 0 Å². The number of nitrogens with zero attached hydrogens (tertiary/aromatic N) is 1. The minimum Gasteiger partial charge on any atom is -0.398 e. The zero-order valence-electron chi connectivity index (χ0n) is 13.1. The highest BCUT2D eigenvalue weighted by Crippen LogP contribution is 2.14. The van der Waals surface area contributed by atoms with E-state index in [1.54, 1.807) is 12.1 Å². The molecule has 0 radical (unpaired) electrons. The van der Waals surface area contributed by atoms with Gasteiger partial charge in [-0.05, 0) is 37.9 Å². The Morgan fingerprint density at radius 1 is 1.27 bits per heavy atom. The van der Waals surface area contributed by atoms with Gasteiger partial charge in [-0.25, -0.2) is 0 Å². The molecule has 1 fully saturated rings. The molecule has 3 N–H and O–H groups in total. The van der Waals surface area contributed by atoms with E-state index in [0.29, 0.717) is 11.3 Å². The van der Waals surface area contributed by atoms with Crippen LogP contribution in [0, 0.1) is 0 Å². The predicted octanol–water partition coefficient (Wildman–Crippen LogP) is 3.11. The fraction of sp³-hybridized carbons (Fsp3) is 0.562. The monoisotopic (exact) mass is 347 g/mol. The summed E-state index contributed by atoms with van der Waals surface area (Å²) in [5, 5.41) is 3.11. The van der Waals surface area contributed by atoms with E-state index in [0.717, 1.165) is 25.9 Å². The number of nitrogens with two attached hydrogens (primary N) is 1. The highest BCUT2D eigenvalue weighted by molar-refractivity contribution is 5.99. The van der Waals surface area contributed by atoms with Crippen molar-refractivity contribution >= 4 is 36.4 Å². The van der Waals surface area contributed by atoms with Crippen LogP contribution >= 0.6 is 24.8 Å². The van der Waals surface area contributed by atoms with E-state index in [2.05, 4.69) is 17.1 Å². The summed E-state index contributed by atoms with van der Waals surface area (Å²) in [4.78, 5) is 14.7. The first-order valence-electron chi connectivity index (χ1n) is 7.58. The summed E-state index contributed by atoms with van der Waals surface area (Å²) >= 11 is 0. The lowest BCUT2D eigenvalue weighted by molar-refractivity contribution is 0.0911. The zero-order chi connectivity index (χ0) is 14.4. The Kier molecular flexibility index (Phi) is 10.2. The van der Waals surface area contributed by atoms with Crippen molar-refractivity contribution in [1.29, 1.82) is 0 Å². The molecule has 0 bridgehead atoms. The molecule has 0 aliphatic carbocycles. The van der Waals surface area contributed by atoms with Crippen LogP contribution in [-0.2, 0) is 0 Å². The second-order valence-corrected chi connectivity index (χ2v) is 5.53. The maximum atomic E-state index is 12.2. The summed E-state index contributed by atoms with van der Waals surface area (Å²) in [6.07, 6.45) is 4.56. The third-order valence-electron chi connectivity index (χ3n) is 3.96. The summed E-state index contributed by atoms with van der Waals surface area (Å²) in [6.45, 7) is 5.56. The van der Waals surface area contributed by atoms with Gasteiger partial charge in [0.2, 0.25) is 0 Å². The number of rotatable bonds is 5. The van der Waals surface area contributed by atoms with Crippen molar-refractivity contribution < 1.29 is 4.79 Å². The quantitative estimate of drug-likeness (QED) is 0.804. The number of hydrogen-bond donors (Lipinski definition) is 2. The number of amides is 1. The lowest BCUT2D eigenvalue weighted by atomic mass is 10.0. The SMILES string of the molecule is CCCCN1CCC(NC(=O)c2ccccc2N)CC1.Cl.Cl. The van der Waals surface area contributed by atoms with Crippen molar-refractivity contribution in [2.75, 3.05) is 25.4 Å². The molecule has 6 heteroatoms. The van der Waals surface area contributed by atoms with Crippen LogP contribution in [0.5, 0.6) is 0 Å². The molecule has 1 heterocycles. The first-order chi connectivity index (χ1) is 9.70. The van der Waals surface area contributed by atoms with Crippen molar-refractivity contribution in [3.05, 3.63) is 29.8 Å². The number of hydrogen-bond acceptors (Lipinski definition) is 3. The van der Waals surface area contributed by atoms with Gasteiger partial charge in [0.05, 0.1) is 5.56 Å². The Balaban J connectivity index is 0.00000220. The van der Waals surface area contributed by atoms with Crippen molar-refractivity contribution in [1.82, 2.24) is 10.2 Å². The van der Waals surface area contributed by atoms with Crippen LogP contribution in [0.1, 0.15) is 43.0 Å². The third kappa shape index (κ3) is 6.03. The maximum absolute atomic E-state index is 12.2. The van der Waals surface area contributed by atoms with Crippen molar-refractivity contribution in [3.8, 4) is 0 Å². The maximum Gasteiger partial charge on any atom is 0.253 e. The Morgan fingerprint density at radius 2 is 1.91 bits per heavy atom. The Labute approximate surface area is 145 Å². The van der Waals surface area contributed by atoms with Crippen LogP contribution in [0.25, 0.3) is 0 Å². The highest BCUT2D eigenvalue weighted by Gasteiger charge is 2.21. The summed E-state index contributed by atoms with van der Waals surface area (Å²) in [6, 6.07) is 7.51. The molecule has 4 nitrogen and oxygen atoms in total. The Morgan fingerprint density at radius 3 is 2.50 bits per heavy atom. The number of unbranched alkanes of at least 4 members (excludes halogenated alkanes) is 1. The third-order valence-corrected chi connectivity index (χ3v) is 3.96. The van der Waals surface area contributed by atoms with Gasteiger partial charge in [-0.15, -0.1) is 24.8 Å². The fourth-order valence-electron chi connectivity index (χ4n) is 2.65. The predicted molar refractivity (Wildman–Crippen MR) is 97.2 cm³/mol. The molecule has 1 aliphatic heterocycles. The molecule has 1 saturated heterocycles. The van der Waals surface area contributed by atoms with Crippen LogP contribution in [0.2, 0.25) is 0 Å². The molecule has 22 heavy (non-hydrogen) atoms. The summed E-state index contributed by atoms with van der Waals surface area (Å²) in [7, 11) is 0. The van der Waals surface area contributed by atoms with Crippen LogP contribution in [0.15, 0.2) is 24.3 Å². The lowest BCUT2D eigenvalue weighted by Gasteiger charge is -2.32. The van der Waals surface area contributed by atoms with E-state index in [1.807, 2.05) is 12.1 Å².